The lowest BCUT2D eigenvalue weighted by Crippen LogP contribution is -2.33. The molecule has 2 aromatic carbocycles. The van der Waals surface area contributed by atoms with Crippen LogP contribution >= 0.6 is 0 Å². The monoisotopic (exact) mass is 345 g/mol. The van der Waals surface area contributed by atoms with E-state index in [-0.39, 0.29) is 24.2 Å². The molecule has 2 rings (SSSR count). The molecule has 0 spiro atoms. The predicted molar refractivity (Wildman–Crippen MR) is 95.5 cm³/mol. The highest BCUT2D eigenvalue weighted by atomic mass is 19.1. The number of hydrogen-bond donors (Lipinski definition) is 2. The lowest BCUT2D eigenvalue weighted by atomic mass is 10.1. The number of Topliss-reactive ketones (excluding diaryl/α,β-unsaturated/α-hetero) is 1. The van der Waals surface area contributed by atoms with Crippen LogP contribution in [-0.2, 0) is 0 Å². The van der Waals surface area contributed by atoms with Gasteiger partial charge in [0.05, 0.1) is 0 Å². The molecule has 0 saturated carbocycles. The first-order chi connectivity index (χ1) is 11.9. The first kappa shape index (κ1) is 19.1. The standard InChI is InChI=1S/C20H24FNO3/c1-13-7-8-16(10-20(13)21)14(2)22-11-18(24)12-25-19-6-4-5-17(9-19)15(3)23/h4-10,14,18,22,24H,11-12H2,1-3H3. The highest BCUT2D eigenvalue weighted by molar-refractivity contribution is 5.94. The highest BCUT2D eigenvalue weighted by Gasteiger charge is 2.11. The Labute approximate surface area is 147 Å². The fourth-order valence-electron chi connectivity index (χ4n) is 2.37. The number of aliphatic hydroxyl groups is 1. The van der Waals surface area contributed by atoms with Gasteiger partial charge in [0.15, 0.2) is 5.78 Å². The topological polar surface area (TPSA) is 58.6 Å². The van der Waals surface area contributed by atoms with Crippen LogP contribution in [0.15, 0.2) is 42.5 Å². The molecule has 0 aliphatic carbocycles. The smallest absolute Gasteiger partial charge is 0.159 e. The van der Waals surface area contributed by atoms with Gasteiger partial charge in [-0.25, -0.2) is 4.39 Å². The minimum absolute atomic E-state index is 0.0354. The van der Waals surface area contributed by atoms with Gasteiger partial charge in [-0.1, -0.05) is 24.3 Å². The predicted octanol–water partition coefficient (Wildman–Crippen LogP) is 3.43. The zero-order valence-electron chi connectivity index (χ0n) is 14.8. The quantitative estimate of drug-likeness (QED) is 0.720. The Morgan fingerprint density at radius 3 is 2.72 bits per heavy atom. The maximum Gasteiger partial charge on any atom is 0.159 e. The molecule has 2 atom stereocenters. The minimum atomic E-state index is -0.723. The van der Waals surface area contributed by atoms with Crippen molar-refractivity contribution in [1.29, 1.82) is 0 Å². The second-order valence-electron chi connectivity index (χ2n) is 6.19. The van der Waals surface area contributed by atoms with Crippen molar-refractivity contribution in [2.75, 3.05) is 13.2 Å². The third kappa shape index (κ3) is 5.66. The Balaban J connectivity index is 1.82. The maximum absolute atomic E-state index is 13.6. The Kier molecular flexibility index (Phi) is 6.67. The average Bonchev–Trinajstić information content (AvgIpc) is 2.60. The van der Waals surface area contributed by atoms with Gasteiger partial charge in [-0.15, -0.1) is 0 Å². The highest BCUT2D eigenvalue weighted by Crippen LogP contribution is 2.17. The van der Waals surface area contributed by atoms with Gasteiger partial charge in [-0.2, -0.15) is 0 Å². The summed E-state index contributed by atoms with van der Waals surface area (Å²) in [4.78, 5) is 11.4. The average molecular weight is 345 g/mol. The Bertz CT molecular complexity index is 733. The van der Waals surface area contributed by atoms with Crippen LogP contribution in [0.4, 0.5) is 4.39 Å². The number of halogens is 1. The van der Waals surface area contributed by atoms with Gasteiger partial charge < -0.3 is 15.2 Å². The van der Waals surface area contributed by atoms with Gasteiger partial charge >= 0.3 is 0 Å². The van der Waals surface area contributed by atoms with E-state index in [9.17, 15) is 14.3 Å². The van der Waals surface area contributed by atoms with Gasteiger partial charge in [-0.05, 0) is 50.1 Å². The molecule has 0 saturated heterocycles. The van der Waals surface area contributed by atoms with Crippen LogP contribution in [0.2, 0.25) is 0 Å². The van der Waals surface area contributed by atoms with Crippen molar-refractivity contribution in [2.24, 2.45) is 0 Å². The van der Waals surface area contributed by atoms with Crippen molar-refractivity contribution in [3.63, 3.8) is 0 Å². The summed E-state index contributed by atoms with van der Waals surface area (Å²) in [7, 11) is 0. The first-order valence-corrected chi connectivity index (χ1v) is 8.28. The third-order valence-corrected chi connectivity index (χ3v) is 4.04. The molecular weight excluding hydrogens is 321 g/mol. The molecule has 0 aliphatic heterocycles. The van der Waals surface area contributed by atoms with Gasteiger partial charge in [0, 0.05) is 18.2 Å². The lowest BCUT2D eigenvalue weighted by Gasteiger charge is -2.18. The van der Waals surface area contributed by atoms with Crippen LogP contribution in [0.1, 0.15) is 41.4 Å². The number of hydrogen-bond acceptors (Lipinski definition) is 4. The normalized spacial score (nSPS) is 13.3. The molecule has 2 unspecified atom stereocenters. The molecule has 134 valence electrons. The van der Waals surface area contributed by atoms with E-state index in [0.29, 0.717) is 23.4 Å². The minimum Gasteiger partial charge on any atom is -0.491 e. The molecule has 0 heterocycles. The molecule has 0 aromatic heterocycles. The molecule has 2 N–H and O–H groups in total. The summed E-state index contributed by atoms with van der Waals surface area (Å²) in [6, 6.07) is 11.9. The first-order valence-electron chi connectivity index (χ1n) is 8.28. The summed E-state index contributed by atoms with van der Waals surface area (Å²) < 4.78 is 19.1. The summed E-state index contributed by atoms with van der Waals surface area (Å²) in [5.74, 6) is 0.271. The SMILES string of the molecule is CC(=O)c1cccc(OCC(O)CNC(C)c2ccc(C)c(F)c2)c1. The van der Waals surface area contributed by atoms with Crippen LogP contribution < -0.4 is 10.1 Å². The van der Waals surface area contributed by atoms with Gasteiger partial charge in [0.1, 0.15) is 24.3 Å². The fraction of sp³-hybridized carbons (Fsp3) is 0.350. The maximum atomic E-state index is 13.6. The number of benzene rings is 2. The molecule has 0 amide bonds. The van der Waals surface area contributed by atoms with Crippen molar-refractivity contribution >= 4 is 5.78 Å². The van der Waals surface area contributed by atoms with Gasteiger partial charge in [-0.3, -0.25) is 4.79 Å². The Morgan fingerprint density at radius 2 is 2.04 bits per heavy atom. The second kappa shape index (κ2) is 8.74. The summed E-state index contributed by atoms with van der Waals surface area (Å²) >= 11 is 0. The van der Waals surface area contributed by atoms with Crippen LogP contribution in [0.5, 0.6) is 5.75 Å². The molecule has 2 aromatic rings. The molecule has 5 heteroatoms. The Hall–Kier alpha value is -2.24. The molecule has 25 heavy (non-hydrogen) atoms. The van der Waals surface area contributed by atoms with E-state index in [1.54, 1.807) is 37.3 Å². The van der Waals surface area contributed by atoms with Crippen LogP contribution in [0.25, 0.3) is 0 Å². The molecule has 0 bridgehead atoms. The number of rotatable bonds is 8. The van der Waals surface area contributed by atoms with E-state index < -0.39 is 6.10 Å². The van der Waals surface area contributed by atoms with E-state index in [1.165, 1.54) is 13.0 Å². The number of aryl methyl sites for hydroxylation is 1. The lowest BCUT2D eigenvalue weighted by molar-refractivity contribution is 0.101. The van der Waals surface area contributed by atoms with Crippen LogP contribution in [0.3, 0.4) is 0 Å². The van der Waals surface area contributed by atoms with Crippen LogP contribution in [-0.4, -0.2) is 30.1 Å². The zero-order valence-corrected chi connectivity index (χ0v) is 14.8. The molecule has 0 aliphatic rings. The van der Waals surface area contributed by atoms with E-state index in [1.807, 2.05) is 13.0 Å². The summed E-state index contributed by atoms with van der Waals surface area (Å²) in [5.41, 5.74) is 2.00. The second-order valence-corrected chi connectivity index (χ2v) is 6.19. The van der Waals surface area contributed by atoms with Crippen molar-refractivity contribution in [1.82, 2.24) is 5.32 Å². The number of aliphatic hydroxyl groups excluding tert-OH is 1. The van der Waals surface area contributed by atoms with Gasteiger partial charge in [0.25, 0.3) is 0 Å². The molecular formula is C20H24FNO3. The number of ketones is 1. The Morgan fingerprint density at radius 1 is 1.28 bits per heavy atom. The molecule has 4 nitrogen and oxygen atoms in total. The van der Waals surface area contributed by atoms with Crippen LogP contribution in [0, 0.1) is 12.7 Å². The molecule has 0 fully saturated rings. The summed E-state index contributed by atoms with van der Waals surface area (Å²) in [5, 5.41) is 13.2. The van der Waals surface area contributed by atoms with Crippen molar-refractivity contribution < 1.29 is 19.0 Å². The molecule has 0 radical (unpaired) electrons. The fourth-order valence-corrected chi connectivity index (χ4v) is 2.37. The van der Waals surface area contributed by atoms with E-state index in [0.717, 1.165) is 5.56 Å². The van der Waals surface area contributed by atoms with E-state index in [2.05, 4.69) is 5.32 Å². The van der Waals surface area contributed by atoms with E-state index >= 15 is 0 Å². The summed E-state index contributed by atoms with van der Waals surface area (Å²) in [6.07, 6.45) is -0.723. The number of ether oxygens (including phenoxy) is 1. The van der Waals surface area contributed by atoms with Crippen molar-refractivity contribution in [2.45, 2.75) is 32.9 Å². The number of nitrogens with one attached hydrogen (secondary N) is 1. The third-order valence-electron chi connectivity index (χ3n) is 4.04. The number of carbonyl (C=O) groups is 1. The number of carbonyl (C=O) groups excluding carboxylic acids is 1. The zero-order chi connectivity index (χ0) is 18.4. The van der Waals surface area contributed by atoms with Crippen molar-refractivity contribution in [3.8, 4) is 5.75 Å². The summed E-state index contributed by atoms with van der Waals surface area (Å²) in [6.45, 7) is 5.53. The largest absolute Gasteiger partial charge is 0.491 e. The van der Waals surface area contributed by atoms with Crippen molar-refractivity contribution in [3.05, 3.63) is 65.0 Å². The van der Waals surface area contributed by atoms with Gasteiger partial charge in [0.2, 0.25) is 0 Å². The van der Waals surface area contributed by atoms with E-state index in [4.69, 9.17) is 4.74 Å².